The van der Waals surface area contributed by atoms with Crippen molar-refractivity contribution in [1.29, 1.82) is 0 Å². The minimum Gasteiger partial charge on any atom is -0.347 e. The number of amides is 4. The van der Waals surface area contributed by atoms with E-state index in [9.17, 15) is 19.2 Å². The first-order valence-electron chi connectivity index (χ1n) is 13.0. The summed E-state index contributed by atoms with van der Waals surface area (Å²) < 4.78 is 0. The third-order valence-electron chi connectivity index (χ3n) is 5.94. The van der Waals surface area contributed by atoms with E-state index < -0.39 is 23.6 Å². The van der Waals surface area contributed by atoms with Crippen molar-refractivity contribution >= 4 is 35.0 Å². The van der Waals surface area contributed by atoms with Gasteiger partial charge in [-0.1, -0.05) is 58.8 Å². The van der Waals surface area contributed by atoms with Gasteiger partial charge in [-0.3, -0.25) is 19.2 Å². The minimum atomic E-state index is -0.589. The molecule has 0 aliphatic carbocycles. The molecule has 6 bridgehead atoms. The Morgan fingerprint density at radius 3 is 1.25 bits per heavy atom. The number of carbonyl (C=O) groups is 4. The molecule has 2 aliphatic rings. The molecule has 4 amide bonds. The van der Waals surface area contributed by atoms with Crippen LogP contribution in [0.4, 0.5) is 11.4 Å². The van der Waals surface area contributed by atoms with E-state index in [4.69, 9.17) is 11.1 Å². The van der Waals surface area contributed by atoms with Crippen LogP contribution in [0.5, 0.6) is 0 Å². The molecule has 1 aromatic carbocycles. The molecule has 16 nitrogen and oxygen atoms in total. The lowest BCUT2D eigenvalue weighted by Crippen LogP contribution is -2.28. The third-order valence-corrected chi connectivity index (χ3v) is 5.94. The van der Waals surface area contributed by atoms with E-state index >= 15 is 0 Å². The molecule has 4 heterocycles. The van der Waals surface area contributed by atoms with E-state index in [1.165, 1.54) is 24.3 Å². The summed E-state index contributed by atoms with van der Waals surface area (Å²) in [4.78, 5) is 64.7. The van der Waals surface area contributed by atoms with Crippen molar-refractivity contribution in [3.63, 3.8) is 0 Å². The van der Waals surface area contributed by atoms with E-state index in [1.807, 2.05) is 0 Å². The lowest BCUT2D eigenvalue weighted by Gasteiger charge is -2.10. The number of pyridine rings is 2. The SMILES string of the molecule is [N-]=[N+]=Nc1cc2nc(c1)C(=O)NCc1ccc(cc1)CNC(=O)c1cc(N=[N+]=[N-])cc(n1)C(=O)NC/C=C/C=C/CNC2=O. The first kappa shape index (κ1) is 30.5. The second-order valence-electron chi connectivity index (χ2n) is 9.03. The number of azide groups is 2. The normalized spacial score (nSPS) is 15.7. The molecule has 0 saturated carbocycles. The molecule has 0 atom stereocenters. The fourth-order valence-electron chi connectivity index (χ4n) is 3.81. The molecule has 220 valence electrons. The Labute approximate surface area is 249 Å². The minimum absolute atomic E-state index is 0.0493. The van der Waals surface area contributed by atoms with Gasteiger partial charge in [0.15, 0.2) is 0 Å². The van der Waals surface area contributed by atoms with Gasteiger partial charge in [0.1, 0.15) is 22.8 Å². The van der Waals surface area contributed by atoms with E-state index in [0.717, 1.165) is 11.1 Å². The Hall–Kier alpha value is -6.50. The molecule has 0 unspecified atom stereocenters. The van der Waals surface area contributed by atoms with Crippen LogP contribution < -0.4 is 21.3 Å². The van der Waals surface area contributed by atoms with E-state index in [0.29, 0.717) is 0 Å². The van der Waals surface area contributed by atoms with Gasteiger partial charge in [0, 0.05) is 47.4 Å². The zero-order chi connectivity index (χ0) is 31.3. The van der Waals surface area contributed by atoms with Crippen LogP contribution >= 0.6 is 0 Å². The number of rotatable bonds is 2. The van der Waals surface area contributed by atoms with Gasteiger partial charge in [0.2, 0.25) is 0 Å². The monoisotopic (exact) mass is 592 g/mol. The number of allylic oxidation sites excluding steroid dienone is 2. The van der Waals surface area contributed by atoms with Gasteiger partial charge in [-0.25, -0.2) is 9.97 Å². The number of aromatic nitrogens is 2. The Kier molecular flexibility index (Phi) is 10.3. The van der Waals surface area contributed by atoms with Crippen molar-refractivity contribution in [3.8, 4) is 0 Å². The highest BCUT2D eigenvalue weighted by atomic mass is 16.2. The van der Waals surface area contributed by atoms with Crippen LogP contribution in [0.2, 0.25) is 0 Å². The second kappa shape index (κ2) is 14.9. The molecule has 2 aromatic heterocycles. The Bertz CT molecular complexity index is 1630. The molecule has 0 radical (unpaired) electrons. The molecule has 0 saturated heterocycles. The zero-order valence-corrected chi connectivity index (χ0v) is 23.0. The molecule has 4 N–H and O–H groups in total. The highest BCUT2D eigenvalue weighted by Gasteiger charge is 2.16. The van der Waals surface area contributed by atoms with Crippen LogP contribution in [0.3, 0.4) is 0 Å². The maximum Gasteiger partial charge on any atom is 0.270 e. The second-order valence-corrected chi connectivity index (χ2v) is 9.03. The maximum absolute atomic E-state index is 12.8. The van der Waals surface area contributed by atoms with E-state index in [2.05, 4.69) is 51.3 Å². The van der Waals surface area contributed by atoms with Crippen molar-refractivity contribution in [3.05, 3.63) is 128 Å². The number of hydrogen-bond acceptors (Lipinski definition) is 8. The van der Waals surface area contributed by atoms with Crippen LogP contribution in [0.25, 0.3) is 20.9 Å². The van der Waals surface area contributed by atoms with Gasteiger partial charge < -0.3 is 21.3 Å². The Morgan fingerprint density at radius 2 is 0.909 bits per heavy atom. The van der Waals surface area contributed by atoms with Gasteiger partial charge in [-0.05, 0) is 46.5 Å². The summed E-state index contributed by atoms with van der Waals surface area (Å²) in [6, 6.07) is 12.1. The fraction of sp³-hybridized carbons (Fsp3) is 0.143. The average molecular weight is 593 g/mol. The molecule has 44 heavy (non-hydrogen) atoms. The number of nitrogens with one attached hydrogen (secondary N) is 4. The van der Waals surface area contributed by atoms with Crippen LogP contribution in [-0.2, 0) is 13.1 Å². The summed E-state index contributed by atoms with van der Waals surface area (Å²) in [6.07, 6.45) is 6.53. The standard InChI is InChI=1S/C28H24N12O4/c29-39-37-19-11-21-25(41)31-9-3-1-2-4-10-32-26(42)22-12-20(38-40-30)14-24(36-22)28(44)34-16-18-7-5-17(6-8-18)15-33-27(43)23(13-19)35-21/h1-8,11-14H,9-10,15-16H2,(H,31,41)(H,32,42)(H,33,43)(H,34,44)/b3-1+,4-2+. The molecule has 3 aromatic rings. The van der Waals surface area contributed by atoms with Crippen molar-refractivity contribution < 1.29 is 19.2 Å². The zero-order valence-electron chi connectivity index (χ0n) is 23.0. The smallest absolute Gasteiger partial charge is 0.270 e. The largest absolute Gasteiger partial charge is 0.347 e. The van der Waals surface area contributed by atoms with Gasteiger partial charge in [-0.2, -0.15) is 0 Å². The summed E-state index contributed by atoms with van der Waals surface area (Å²) in [7, 11) is 0. The molecular weight excluding hydrogens is 568 g/mol. The number of benzene rings is 1. The first-order valence-corrected chi connectivity index (χ1v) is 13.0. The van der Waals surface area contributed by atoms with E-state index in [1.54, 1.807) is 48.6 Å². The highest BCUT2D eigenvalue weighted by molar-refractivity contribution is 5.98. The van der Waals surface area contributed by atoms with Crippen LogP contribution in [0.15, 0.2) is 83.1 Å². The van der Waals surface area contributed by atoms with Crippen molar-refractivity contribution in [1.82, 2.24) is 31.2 Å². The van der Waals surface area contributed by atoms with Gasteiger partial charge in [-0.15, -0.1) is 0 Å². The van der Waals surface area contributed by atoms with Gasteiger partial charge in [0.25, 0.3) is 23.6 Å². The van der Waals surface area contributed by atoms with Crippen molar-refractivity contribution in [2.24, 2.45) is 10.2 Å². The lowest BCUT2D eigenvalue weighted by molar-refractivity contribution is 0.0928. The third kappa shape index (κ3) is 8.50. The molecular formula is C28H24N12O4. The number of nitrogens with zero attached hydrogens (tertiary/aromatic N) is 8. The molecule has 0 fully saturated rings. The predicted octanol–water partition coefficient (Wildman–Crippen LogP) is 3.81. The van der Waals surface area contributed by atoms with Gasteiger partial charge >= 0.3 is 0 Å². The Morgan fingerprint density at radius 1 is 0.568 bits per heavy atom. The maximum atomic E-state index is 12.8. The summed E-state index contributed by atoms with van der Waals surface area (Å²) in [5, 5.41) is 17.7. The average Bonchev–Trinajstić information content (AvgIpc) is 3.03. The quantitative estimate of drug-likeness (QED) is 0.196. The molecule has 0 spiro atoms. The van der Waals surface area contributed by atoms with Crippen molar-refractivity contribution in [2.75, 3.05) is 13.1 Å². The molecule has 5 rings (SSSR count). The highest BCUT2D eigenvalue weighted by Crippen LogP contribution is 2.17. The number of fused-ring (bicyclic) bond motifs is 13. The predicted molar refractivity (Wildman–Crippen MR) is 158 cm³/mol. The fourth-order valence-corrected chi connectivity index (χ4v) is 3.81. The summed E-state index contributed by atoms with van der Waals surface area (Å²) >= 11 is 0. The van der Waals surface area contributed by atoms with Crippen LogP contribution in [0, 0.1) is 0 Å². The number of hydrogen-bond donors (Lipinski definition) is 4. The summed E-state index contributed by atoms with van der Waals surface area (Å²) in [5.74, 6) is -2.35. The van der Waals surface area contributed by atoms with Crippen molar-refractivity contribution in [2.45, 2.75) is 13.1 Å². The summed E-state index contributed by atoms with van der Waals surface area (Å²) in [6.45, 7) is 0.475. The van der Waals surface area contributed by atoms with Crippen LogP contribution in [0.1, 0.15) is 53.1 Å². The molecule has 16 heteroatoms. The molecule has 2 aliphatic heterocycles. The topological polar surface area (TPSA) is 240 Å². The first-order chi connectivity index (χ1) is 21.4. The number of carbonyl (C=O) groups excluding carboxylic acids is 4. The Balaban J connectivity index is 1.59. The van der Waals surface area contributed by atoms with Crippen LogP contribution in [-0.4, -0.2) is 46.7 Å². The summed E-state index contributed by atoms with van der Waals surface area (Å²) in [5.41, 5.74) is 18.8. The lowest BCUT2D eigenvalue weighted by atomic mass is 10.1. The van der Waals surface area contributed by atoms with Gasteiger partial charge in [0.05, 0.1) is 0 Å². The van der Waals surface area contributed by atoms with E-state index in [-0.39, 0.29) is 60.3 Å².